The molecule has 0 atom stereocenters. The highest BCUT2D eigenvalue weighted by Gasteiger charge is 2.01. The van der Waals surface area contributed by atoms with Gasteiger partial charge in [-0.2, -0.15) is 0 Å². The standard InChI is InChI=1S/C14H22O2/c1-2-16-14(15)12-6-4-3-5-9-13-10-7-8-11-13/h3,5,10H,2,4,6-9,11-12H2,1H3/b5-3-. The number of esters is 1. The van der Waals surface area contributed by atoms with Crippen LogP contribution in [0.5, 0.6) is 0 Å². The lowest BCUT2D eigenvalue weighted by molar-refractivity contribution is -0.143. The van der Waals surface area contributed by atoms with Gasteiger partial charge >= 0.3 is 5.97 Å². The molecule has 0 aromatic heterocycles. The average molecular weight is 222 g/mol. The van der Waals surface area contributed by atoms with E-state index in [1.807, 2.05) is 6.92 Å². The first-order valence-corrected chi connectivity index (χ1v) is 6.31. The summed E-state index contributed by atoms with van der Waals surface area (Å²) in [7, 11) is 0. The van der Waals surface area contributed by atoms with Gasteiger partial charge in [0.05, 0.1) is 6.61 Å². The largest absolute Gasteiger partial charge is 0.466 e. The third-order valence-corrected chi connectivity index (χ3v) is 2.74. The van der Waals surface area contributed by atoms with Crippen molar-refractivity contribution in [3.8, 4) is 0 Å². The Morgan fingerprint density at radius 3 is 3.06 bits per heavy atom. The predicted octanol–water partition coefficient (Wildman–Crippen LogP) is 3.78. The zero-order valence-electron chi connectivity index (χ0n) is 10.2. The monoisotopic (exact) mass is 222 g/mol. The Morgan fingerprint density at radius 1 is 1.50 bits per heavy atom. The van der Waals surface area contributed by atoms with E-state index in [2.05, 4.69) is 18.2 Å². The molecule has 0 fully saturated rings. The molecule has 2 nitrogen and oxygen atoms in total. The van der Waals surface area contributed by atoms with E-state index in [4.69, 9.17) is 4.74 Å². The molecule has 0 amide bonds. The Balaban J connectivity index is 1.97. The summed E-state index contributed by atoms with van der Waals surface area (Å²) in [5, 5.41) is 0. The molecule has 0 aliphatic heterocycles. The van der Waals surface area contributed by atoms with Crippen molar-refractivity contribution in [1.29, 1.82) is 0 Å². The first-order valence-electron chi connectivity index (χ1n) is 6.31. The van der Waals surface area contributed by atoms with E-state index in [-0.39, 0.29) is 5.97 Å². The molecular weight excluding hydrogens is 200 g/mol. The van der Waals surface area contributed by atoms with Crippen molar-refractivity contribution in [2.24, 2.45) is 0 Å². The van der Waals surface area contributed by atoms with E-state index in [9.17, 15) is 4.79 Å². The highest BCUT2D eigenvalue weighted by atomic mass is 16.5. The molecule has 1 aliphatic rings. The zero-order chi connectivity index (χ0) is 11.6. The average Bonchev–Trinajstić information content (AvgIpc) is 2.76. The minimum atomic E-state index is -0.0746. The van der Waals surface area contributed by atoms with E-state index in [0.717, 1.165) is 19.3 Å². The van der Waals surface area contributed by atoms with Gasteiger partial charge in [0.15, 0.2) is 0 Å². The minimum Gasteiger partial charge on any atom is -0.466 e. The molecule has 0 spiro atoms. The maximum Gasteiger partial charge on any atom is 0.305 e. The molecule has 0 N–H and O–H groups in total. The zero-order valence-corrected chi connectivity index (χ0v) is 10.2. The Hall–Kier alpha value is -1.05. The number of hydrogen-bond acceptors (Lipinski definition) is 2. The summed E-state index contributed by atoms with van der Waals surface area (Å²) in [6, 6.07) is 0. The molecule has 0 bridgehead atoms. The van der Waals surface area contributed by atoms with Gasteiger partial charge in [-0.1, -0.05) is 23.8 Å². The SMILES string of the molecule is CCOC(=O)CCC/C=C\CC1=CCCC1. The lowest BCUT2D eigenvalue weighted by Gasteiger charge is -1.99. The van der Waals surface area contributed by atoms with Gasteiger partial charge in [0, 0.05) is 6.42 Å². The summed E-state index contributed by atoms with van der Waals surface area (Å²) in [4.78, 5) is 11.0. The summed E-state index contributed by atoms with van der Waals surface area (Å²) in [5.74, 6) is -0.0746. The van der Waals surface area contributed by atoms with Crippen molar-refractivity contribution in [1.82, 2.24) is 0 Å². The van der Waals surface area contributed by atoms with Crippen LogP contribution in [0.2, 0.25) is 0 Å². The van der Waals surface area contributed by atoms with Crippen LogP contribution in [-0.4, -0.2) is 12.6 Å². The van der Waals surface area contributed by atoms with Crippen LogP contribution in [0.3, 0.4) is 0 Å². The molecule has 0 saturated carbocycles. The number of unbranched alkanes of at least 4 members (excludes halogenated alkanes) is 1. The molecular formula is C14H22O2. The van der Waals surface area contributed by atoms with Gasteiger partial charge < -0.3 is 4.74 Å². The van der Waals surface area contributed by atoms with E-state index in [1.165, 1.54) is 19.3 Å². The number of ether oxygens (including phenoxy) is 1. The fourth-order valence-electron chi connectivity index (χ4n) is 1.87. The fourth-order valence-corrected chi connectivity index (χ4v) is 1.87. The summed E-state index contributed by atoms with van der Waals surface area (Å²) in [6.45, 7) is 2.33. The van der Waals surface area contributed by atoms with Crippen LogP contribution in [0.1, 0.15) is 51.9 Å². The van der Waals surface area contributed by atoms with Crippen LogP contribution in [0.4, 0.5) is 0 Å². The second kappa shape index (κ2) is 8.14. The van der Waals surface area contributed by atoms with Crippen molar-refractivity contribution in [3.63, 3.8) is 0 Å². The Bertz CT molecular complexity index is 264. The first-order chi connectivity index (χ1) is 7.83. The molecule has 0 radical (unpaired) electrons. The Morgan fingerprint density at radius 2 is 2.38 bits per heavy atom. The molecule has 1 aliphatic carbocycles. The highest BCUT2D eigenvalue weighted by molar-refractivity contribution is 5.69. The smallest absolute Gasteiger partial charge is 0.305 e. The molecule has 90 valence electrons. The normalized spacial score (nSPS) is 15.4. The van der Waals surface area contributed by atoms with Crippen LogP contribution in [0.25, 0.3) is 0 Å². The molecule has 0 heterocycles. The second-order valence-corrected chi connectivity index (χ2v) is 4.13. The molecule has 0 unspecified atom stereocenters. The number of carbonyl (C=O) groups is 1. The highest BCUT2D eigenvalue weighted by Crippen LogP contribution is 2.20. The van der Waals surface area contributed by atoms with Crippen LogP contribution in [-0.2, 0) is 9.53 Å². The van der Waals surface area contributed by atoms with Crippen molar-refractivity contribution in [3.05, 3.63) is 23.8 Å². The number of hydrogen-bond donors (Lipinski definition) is 0. The molecule has 0 aromatic carbocycles. The number of allylic oxidation sites excluding steroid dienone is 4. The maximum absolute atomic E-state index is 11.0. The maximum atomic E-state index is 11.0. The van der Waals surface area contributed by atoms with Crippen LogP contribution in [0.15, 0.2) is 23.8 Å². The van der Waals surface area contributed by atoms with Gasteiger partial charge in [-0.15, -0.1) is 0 Å². The quantitative estimate of drug-likeness (QED) is 0.372. The van der Waals surface area contributed by atoms with Crippen LogP contribution < -0.4 is 0 Å². The van der Waals surface area contributed by atoms with Gasteiger partial charge in [0.1, 0.15) is 0 Å². The lowest BCUT2D eigenvalue weighted by atomic mass is 10.1. The van der Waals surface area contributed by atoms with E-state index in [0.29, 0.717) is 13.0 Å². The summed E-state index contributed by atoms with van der Waals surface area (Å²) in [6.07, 6.45) is 14.1. The van der Waals surface area contributed by atoms with Crippen molar-refractivity contribution < 1.29 is 9.53 Å². The van der Waals surface area contributed by atoms with Crippen molar-refractivity contribution in [2.75, 3.05) is 6.61 Å². The topological polar surface area (TPSA) is 26.3 Å². The number of carbonyl (C=O) groups excluding carboxylic acids is 1. The van der Waals surface area contributed by atoms with Gasteiger partial charge in [-0.25, -0.2) is 0 Å². The number of rotatable bonds is 7. The van der Waals surface area contributed by atoms with Crippen molar-refractivity contribution in [2.45, 2.75) is 51.9 Å². The van der Waals surface area contributed by atoms with Gasteiger partial charge in [-0.05, 0) is 45.4 Å². The van der Waals surface area contributed by atoms with Crippen molar-refractivity contribution >= 4 is 5.97 Å². The third-order valence-electron chi connectivity index (χ3n) is 2.74. The third kappa shape index (κ3) is 5.74. The first kappa shape index (κ1) is 13.0. The van der Waals surface area contributed by atoms with Crippen LogP contribution in [0, 0.1) is 0 Å². The Labute approximate surface area is 98.4 Å². The molecule has 0 saturated heterocycles. The Kier molecular flexibility index (Phi) is 6.62. The van der Waals surface area contributed by atoms with E-state index < -0.39 is 0 Å². The van der Waals surface area contributed by atoms with E-state index in [1.54, 1.807) is 5.57 Å². The summed E-state index contributed by atoms with van der Waals surface area (Å²) < 4.78 is 4.86. The fraction of sp³-hybridized carbons (Fsp3) is 0.643. The lowest BCUT2D eigenvalue weighted by Crippen LogP contribution is -2.02. The summed E-state index contributed by atoms with van der Waals surface area (Å²) in [5.41, 5.74) is 1.57. The predicted molar refractivity (Wildman–Crippen MR) is 66.2 cm³/mol. The van der Waals surface area contributed by atoms with Gasteiger partial charge in [-0.3, -0.25) is 4.79 Å². The van der Waals surface area contributed by atoms with Gasteiger partial charge in [0.25, 0.3) is 0 Å². The summed E-state index contributed by atoms with van der Waals surface area (Å²) >= 11 is 0. The minimum absolute atomic E-state index is 0.0746. The molecule has 2 heteroatoms. The molecule has 1 rings (SSSR count). The molecule has 0 aromatic rings. The van der Waals surface area contributed by atoms with Gasteiger partial charge in [0.2, 0.25) is 0 Å². The second-order valence-electron chi connectivity index (χ2n) is 4.13. The van der Waals surface area contributed by atoms with Crippen LogP contribution >= 0.6 is 0 Å². The molecule has 16 heavy (non-hydrogen) atoms. The van der Waals surface area contributed by atoms with E-state index >= 15 is 0 Å².